The van der Waals surface area contributed by atoms with Gasteiger partial charge >= 0.3 is 0 Å². The summed E-state index contributed by atoms with van der Waals surface area (Å²) in [5, 5.41) is 16.0. The Labute approximate surface area is 205 Å². The highest BCUT2D eigenvalue weighted by atomic mass is 35.5. The van der Waals surface area contributed by atoms with E-state index in [1.165, 1.54) is 42.5 Å². The fourth-order valence-electron chi connectivity index (χ4n) is 3.88. The van der Waals surface area contributed by atoms with Crippen molar-refractivity contribution in [3.8, 4) is 17.4 Å². The number of hydrogen-bond acceptors (Lipinski definition) is 5. The zero-order valence-corrected chi connectivity index (χ0v) is 19.2. The van der Waals surface area contributed by atoms with Crippen LogP contribution in [0.3, 0.4) is 0 Å². The van der Waals surface area contributed by atoms with Gasteiger partial charge in [-0.15, -0.1) is 0 Å². The molecule has 7 nitrogen and oxygen atoms in total. The van der Waals surface area contributed by atoms with Crippen LogP contribution < -0.4 is 15.4 Å². The van der Waals surface area contributed by atoms with Crippen LogP contribution in [-0.4, -0.2) is 34.0 Å². The number of nitrogens with one attached hydrogen (secondary N) is 2. The number of aromatic nitrogens is 1. The molecule has 0 aliphatic heterocycles. The van der Waals surface area contributed by atoms with E-state index in [-0.39, 0.29) is 40.6 Å². The third kappa shape index (κ3) is 6.24. The SMILES string of the molecule is O=C(NC1CCC(NC(=O)c2cc(F)cnc2Oc2ccc(F)cc2)CC1)c1cc(Cl)ccc1O. The van der Waals surface area contributed by atoms with Crippen LogP contribution in [0, 0.1) is 11.6 Å². The van der Waals surface area contributed by atoms with Crippen LogP contribution in [-0.2, 0) is 0 Å². The Bertz CT molecular complexity index is 1230. The zero-order valence-electron chi connectivity index (χ0n) is 18.4. The number of phenols is 1. The van der Waals surface area contributed by atoms with E-state index in [2.05, 4.69) is 15.6 Å². The second kappa shape index (κ2) is 10.7. The zero-order chi connectivity index (χ0) is 24.9. The Morgan fingerprint density at radius 2 is 1.49 bits per heavy atom. The maximum Gasteiger partial charge on any atom is 0.257 e. The van der Waals surface area contributed by atoms with Crippen molar-refractivity contribution >= 4 is 23.4 Å². The Balaban J connectivity index is 1.35. The minimum absolute atomic E-state index is 0.0822. The number of carbonyl (C=O) groups excluding carboxylic acids is 2. The quantitative estimate of drug-likeness (QED) is 0.442. The normalized spacial score (nSPS) is 17.5. The first-order valence-corrected chi connectivity index (χ1v) is 11.4. The standard InChI is InChI=1S/C25H22ClF2N3O4/c26-14-1-10-22(32)20(11-14)23(33)30-17-4-6-18(7-5-17)31-24(34)21-12-16(28)13-29-25(21)35-19-8-2-15(27)3-9-19/h1-3,8-13,17-18,32H,4-7H2,(H,30,33)(H,31,34). The highest BCUT2D eigenvalue weighted by molar-refractivity contribution is 6.31. The number of hydrogen-bond donors (Lipinski definition) is 3. The van der Waals surface area contributed by atoms with E-state index >= 15 is 0 Å². The molecule has 0 bridgehead atoms. The Morgan fingerprint density at radius 3 is 2.11 bits per heavy atom. The lowest BCUT2D eigenvalue weighted by molar-refractivity contribution is 0.0888. The molecule has 0 atom stereocenters. The predicted octanol–water partition coefficient (Wildman–Crippen LogP) is 4.98. The van der Waals surface area contributed by atoms with Gasteiger partial charge in [-0.05, 0) is 74.2 Å². The summed E-state index contributed by atoms with van der Waals surface area (Å²) < 4.78 is 32.5. The van der Waals surface area contributed by atoms with Gasteiger partial charge in [0.05, 0.1) is 11.8 Å². The summed E-state index contributed by atoms with van der Waals surface area (Å²) >= 11 is 5.91. The predicted molar refractivity (Wildman–Crippen MR) is 125 cm³/mol. The fourth-order valence-corrected chi connectivity index (χ4v) is 4.06. The summed E-state index contributed by atoms with van der Waals surface area (Å²) in [5.41, 5.74) is 0.0152. The molecule has 0 spiro atoms. The van der Waals surface area contributed by atoms with Crippen molar-refractivity contribution in [3.05, 3.63) is 82.5 Å². The van der Waals surface area contributed by atoms with Gasteiger partial charge in [0.15, 0.2) is 0 Å². The first kappa shape index (κ1) is 24.4. The summed E-state index contributed by atoms with van der Waals surface area (Å²) in [6.07, 6.45) is 3.28. The smallest absolute Gasteiger partial charge is 0.257 e. The molecule has 2 aromatic carbocycles. The molecule has 4 rings (SSSR count). The lowest BCUT2D eigenvalue weighted by Crippen LogP contribution is -2.43. The van der Waals surface area contributed by atoms with Gasteiger partial charge in [0.1, 0.15) is 28.7 Å². The number of ether oxygens (including phenoxy) is 1. The van der Waals surface area contributed by atoms with E-state index < -0.39 is 23.4 Å². The maximum atomic E-state index is 13.8. The molecule has 1 aliphatic rings. The lowest BCUT2D eigenvalue weighted by atomic mass is 9.90. The van der Waals surface area contributed by atoms with Crippen LogP contribution in [0.5, 0.6) is 17.4 Å². The Hall–Kier alpha value is -3.72. The largest absolute Gasteiger partial charge is 0.507 e. The molecule has 3 N–H and O–H groups in total. The van der Waals surface area contributed by atoms with Crippen molar-refractivity contribution in [3.63, 3.8) is 0 Å². The number of rotatable bonds is 6. The number of phenolic OH excluding ortho intramolecular Hbond substituents is 1. The third-order valence-electron chi connectivity index (χ3n) is 5.69. The van der Waals surface area contributed by atoms with Crippen molar-refractivity contribution in [1.29, 1.82) is 0 Å². The topological polar surface area (TPSA) is 101 Å². The minimum Gasteiger partial charge on any atom is -0.507 e. The lowest BCUT2D eigenvalue weighted by Gasteiger charge is -2.29. The van der Waals surface area contributed by atoms with E-state index in [9.17, 15) is 23.5 Å². The molecule has 0 radical (unpaired) electrons. The molecular weight excluding hydrogens is 480 g/mol. The molecule has 3 aromatic rings. The van der Waals surface area contributed by atoms with Gasteiger partial charge in [0.25, 0.3) is 11.8 Å². The molecule has 1 aliphatic carbocycles. The number of aromatic hydroxyl groups is 1. The minimum atomic E-state index is -0.697. The molecule has 1 aromatic heterocycles. The van der Waals surface area contributed by atoms with E-state index in [4.69, 9.17) is 16.3 Å². The second-order valence-corrected chi connectivity index (χ2v) is 8.66. The highest BCUT2D eigenvalue weighted by Gasteiger charge is 2.26. The molecule has 1 fully saturated rings. The third-order valence-corrected chi connectivity index (χ3v) is 5.93. The van der Waals surface area contributed by atoms with Crippen LogP contribution in [0.1, 0.15) is 46.4 Å². The van der Waals surface area contributed by atoms with Crippen molar-refractivity contribution in [2.45, 2.75) is 37.8 Å². The van der Waals surface area contributed by atoms with Crippen LogP contribution in [0.25, 0.3) is 0 Å². The van der Waals surface area contributed by atoms with Crippen LogP contribution in [0.4, 0.5) is 8.78 Å². The van der Waals surface area contributed by atoms with E-state index in [1.807, 2.05) is 0 Å². The van der Waals surface area contributed by atoms with Crippen molar-refractivity contribution in [1.82, 2.24) is 15.6 Å². The summed E-state index contributed by atoms with van der Waals surface area (Å²) in [6.45, 7) is 0. The van der Waals surface area contributed by atoms with Gasteiger partial charge in [-0.3, -0.25) is 9.59 Å². The van der Waals surface area contributed by atoms with E-state index in [1.54, 1.807) is 0 Å². The highest BCUT2D eigenvalue weighted by Crippen LogP contribution is 2.26. The summed E-state index contributed by atoms with van der Waals surface area (Å²) in [5.74, 6) is -2.12. The summed E-state index contributed by atoms with van der Waals surface area (Å²) in [4.78, 5) is 29.2. The van der Waals surface area contributed by atoms with E-state index in [0.29, 0.717) is 30.7 Å². The average Bonchev–Trinajstić information content (AvgIpc) is 2.84. The van der Waals surface area contributed by atoms with Gasteiger partial charge < -0.3 is 20.5 Å². The number of amides is 2. The maximum absolute atomic E-state index is 13.8. The van der Waals surface area contributed by atoms with Gasteiger partial charge in [-0.2, -0.15) is 0 Å². The molecule has 0 saturated heterocycles. The molecule has 1 saturated carbocycles. The van der Waals surface area contributed by atoms with Gasteiger partial charge in [0.2, 0.25) is 5.88 Å². The molecule has 182 valence electrons. The molecule has 10 heteroatoms. The number of pyridine rings is 1. The number of halogens is 3. The van der Waals surface area contributed by atoms with Gasteiger partial charge in [0, 0.05) is 17.1 Å². The molecule has 2 amide bonds. The average molecular weight is 502 g/mol. The van der Waals surface area contributed by atoms with E-state index in [0.717, 1.165) is 12.3 Å². The number of nitrogens with zero attached hydrogens (tertiary/aromatic N) is 1. The fraction of sp³-hybridized carbons (Fsp3) is 0.240. The van der Waals surface area contributed by atoms with Gasteiger partial charge in [-0.25, -0.2) is 13.8 Å². The van der Waals surface area contributed by atoms with Gasteiger partial charge in [-0.1, -0.05) is 11.6 Å². The van der Waals surface area contributed by atoms with Crippen LogP contribution >= 0.6 is 11.6 Å². The monoisotopic (exact) mass is 501 g/mol. The molecule has 0 unspecified atom stereocenters. The molecule has 35 heavy (non-hydrogen) atoms. The van der Waals surface area contributed by atoms with Crippen molar-refractivity contribution in [2.75, 3.05) is 0 Å². The summed E-state index contributed by atoms with van der Waals surface area (Å²) in [7, 11) is 0. The Morgan fingerprint density at radius 1 is 0.886 bits per heavy atom. The second-order valence-electron chi connectivity index (χ2n) is 8.22. The van der Waals surface area contributed by atoms with Crippen molar-refractivity contribution < 1.29 is 28.2 Å². The number of carbonyl (C=O) groups is 2. The van der Waals surface area contributed by atoms with Crippen LogP contribution in [0.15, 0.2) is 54.7 Å². The van der Waals surface area contributed by atoms with Crippen molar-refractivity contribution in [2.24, 2.45) is 0 Å². The number of benzene rings is 2. The first-order chi connectivity index (χ1) is 16.8. The Kier molecular flexibility index (Phi) is 7.45. The van der Waals surface area contributed by atoms with Crippen LogP contribution in [0.2, 0.25) is 5.02 Å². The molecule has 1 heterocycles. The first-order valence-electron chi connectivity index (χ1n) is 11.0. The molecular formula is C25H22ClF2N3O4. The summed E-state index contributed by atoms with van der Waals surface area (Å²) in [6, 6.07) is 10.1.